The number of nitrogens with zero attached hydrogens (tertiary/aromatic N) is 3. The third-order valence-corrected chi connectivity index (χ3v) is 8.51. The molecule has 0 aromatic rings. The van der Waals surface area contributed by atoms with Gasteiger partial charge in [-0.2, -0.15) is 0 Å². The van der Waals surface area contributed by atoms with Crippen molar-refractivity contribution >= 4 is 87.5 Å². The molecule has 0 atom stereocenters. The minimum Gasteiger partial charge on any atom is -0.411 e. The summed E-state index contributed by atoms with van der Waals surface area (Å²) in [6.45, 7) is 19.6. The molecule has 0 aliphatic carbocycles. The van der Waals surface area contributed by atoms with Crippen molar-refractivity contribution in [1.29, 1.82) is 0 Å². The van der Waals surface area contributed by atoms with Gasteiger partial charge in [0.25, 0.3) is 0 Å². The van der Waals surface area contributed by atoms with E-state index in [1.807, 2.05) is 0 Å². The summed E-state index contributed by atoms with van der Waals surface area (Å²) in [5.41, 5.74) is 0. The summed E-state index contributed by atoms with van der Waals surface area (Å²) in [4.78, 5) is 6.53. The first-order valence-electron chi connectivity index (χ1n) is 17.0. The molecule has 0 rings (SSSR count). The quantitative estimate of drug-likeness (QED) is 0.0409. The molecule has 0 fully saturated rings. The molecule has 0 aliphatic rings. The van der Waals surface area contributed by atoms with Crippen molar-refractivity contribution in [2.75, 3.05) is 39.3 Å². The predicted octanol–water partition coefficient (Wildman–Crippen LogP) is 10.5. The minimum atomic E-state index is 0. The van der Waals surface area contributed by atoms with E-state index in [0.717, 1.165) is 39.3 Å². The van der Waals surface area contributed by atoms with Gasteiger partial charge in [-0.15, -0.1) is 0 Å². The maximum absolute atomic E-state index is 5.06. The van der Waals surface area contributed by atoms with Gasteiger partial charge in [-0.05, 0) is 38.5 Å². The topological polar surface area (TPSA) is 9.72 Å². The number of hydrogen-bond donors (Lipinski definition) is 0. The molecule has 3 nitrogen and oxygen atoms in total. The molecule has 0 saturated carbocycles. The Hall–Kier alpha value is 0.824. The van der Waals surface area contributed by atoms with Crippen LogP contribution in [0.2, 0.25) is 0 Å². The molecule has 10 heteroatoms. The van der Waals surface area contributed by atoms with Crippen molar-refractivity contribution < 1.29 is 16.5 Å². The van der Waals surface area contributed by atoms with Crippen LogP contribution in [0.3, 0.4) is 0 Å². The molecule has 0 amide bonds. The average Bonchev–Trinajstić information content (AvgIpc) is 2.95. The van der Waals surface area contributed by atoms with Gasteiger partial charge in [0.1, 0.15) is 0 Å². The van der Waals surface area contributed by atoms with Crippen LogP contribution in [0, 0.1) is 0 Å². The van der Waals surface area contributed by atoms with Crippen molar-refractivity contribution in [2.45, 2.75) is 157 Å². The summed E-state index contributed by atoms with van der Waals surface area (Å²) < 4.78 is 1.95. The van der Waals surface area contributed by atoms with E-state index in [0.29, 0.717) is 13.0 Å². The van der Waals surface area contributed by atoms with Crippen LogP contribution in [0.1, 0.15) is 157 Å². The third-order valence-electron chi connectivity index (χ3n) is 6.96. The first-order valence-corrected chi connectivity index (χ1v) is 19.5. The van der Waals surface area contributed by atoms with E-state index in [1.165, 1.54) is 116 Å². The Labute approximate surface area is 312 Å². The Bertz CT molecular complexity index is 502. The second-order valence-electron chi connectivity index (χ2n) is 11.0. The molecule has 0 heterocycles. The van der Waals surface area contributed by atoms with Gasteiger partial charge in [-0.3, -0.25) is 0 Å². The number of rotatable bonds is 24. The standard InChI is InChI=1S/3C11H23NS2.Ni/c3*1-3-5-7-9-12(11(13)14)10-8-6-4-2;/h3*3-10H2,1-2H3,(H,13,14);/q;;;+3/p-3. The monoisotopic (exact) mass is 754 g/mol. The summed E-state index contributed by atoms with van der Waals surface area (Å²) >= 11 is 30.3. The number of hydrogen-bond acceptors (Lipinski definition) is 6. The summed E-state index contributed by atoms with van der Waals surface area (Å²) in [6.07, 6.45) is 22.6. The zero-order valence-electron chi connectivity index (χ0n) is 28.6. The van der Waals surface area contributed by atoms with Crippen molar-refractivity contribution in [3.63, 3.8) is 0 Å². The summed E-state index contributed by atoms with van der Waals surface area (Å²) in [6, 6.07) is 0. The zero-order valence-corrected chi connectivity index (χ0v) is 34.5. The maximum atomic E-state index is 5.06. The first kappa shape index (κ1) is 50.7. The summed E-state index contributed by atoms with van der Waals surface area (Å²) in [5.74, 6) is 0. The molecule has 0 unspecified atom stereocenters. The molecular weight excluding hydrogens is 689 g/mol. The maximum Gasteiger partial charge on any atom is 3.00 e. The van der Waals surface area contributed by atoms with Gasteiger partial charge in [0.15, 0.2) is 0 Å². The van der Waals surface area contributed by atoms with Gasteiger partial charge >= 0.3 is 16.5 Å². The molecule has 0 aliphatic heterocycles. The fraction of sp³-hybridized carbons (Fsp3) is 0.909. The Morgan fingerprint density at radius 2 is 0.488 bits per heavy atom. The molecule has 259 valence electrons. The van der Waals surface area contributed by atoms with Gasteiger partial charge in [-0.1, -0.05) is 132 Å². The van der Waals surface area contributed by atoms with Crippen LogP contribution in [-0.2, 0) is 54.4 Å². The zero-order chi connectivity index (χ0) is 32.4. The molecule has 0 aromatic carbocycles. The van der Waals surface area contributed by atoms with Crippen molar-refractivity contribution in [1.82, 2.24) is 14.7 Å². The molecule has 0 N–H and O–H groups in total. The number of unbranched alkanes of at least 4 members (excludes halogenated alkanes) is 12. The number of thiocarbonyl (C=S) groups is 3. The van der Waals surface area contributed by atoms with Crippen molar-refractivity contribution in [3.05, 3.63) is 0 Å². The smallest absolute Gasteiger partial charge is 0.411 e. The van der Waals surface area contributed by atoms with E-state index in [9.17, 15) is 0 Å². The van der Waals surface area contributed by atoms with Crippen LogP contribution >= 0.6 is 36.7 Å². The van der Waals surface area contributed by atoms with Gasteiger partial charge in [-0.25, -0.2) is 0 Å². The second kappa shape index (κ2) is 40.8. The fourth-order valence-corrected chi connectivity index (χ4v) is 5.29. The Morgan fingerprint density at radius 1 is 0.349 bits per heavy atom. The second-order valence-corrected chi connectivity index (χ2v) is 14.1. The SMILES string of the molecule is CCCCCN(CCCCC)C(=S)[S-].CCCCCN(CCCCC)C(=S)[S-].CCCCCN(CCCCC)C(=S)[S-].[Ni+3]. The largest absolute Gasteiger partial charge is 3.00 e. The van der Waals surface area contributed by atoms with Crippen LogP contribution in [0.25, 0.3) is 0 Å². The Morgan fingerprint density at radius 3 is 0.581 bits per heavy atom. The molecule has 1 radical (unpaired) electrons. The average molecular weight is 756 g/mol. The van der Waals surface area contributed by atoms with E-state index in [2.05, 4.69) is 56.2 Å². The van der Waals surface area contributed by atoms with Crippen molar-refractivity contribution in [2.24, 2.45) is 0 Å². The van der Waals surface area contributed by atoms with Crippen LogP contribution in [0.5, 0.6) is 0 Å². The van der Waals surface area contributed by atoms with Gasteiger partial charge in [0.2, 0.25) is 0 Å². The fourth-order valence-electron chi connectivity index (χ4n) is 4.20. The molecule has 0 aromatic heterocycles. The normalized spacial score (nSPS) is 9.91. The van der Waals surface area contributed by atoms with Crippen molar-refractivity contribution in [3.8, 4) is 0 Å². The van der Waals surface area contributed by atoms with E-state index in [-0.39, 0.29) is 16.5 Å². The van der Waals surface area contributed by atoms with E-state index in [4.69, 9.17) is 74.5 Å². The van der Waals surface area contributed by atoms with Gasteiger partial charge in [0, 0.05) is 39.3 Å². The first-order chi connectivity index (χ1) is 20.2. The van der Waals surface area contributed by atoms with Crippen LogP contribution in [-0.4, -0.2) is 66.9 Å². The Balaban J connectivity index is -0.000000262. The molecule has 43 heavy (non-hydrogen) atoms. The van der Waals surface area contributed by atoms with E-state index in [1.54, 1.807) is 0 Å². The van der Waals surface area contributed by atoms with Crippen LogP contribution in [0.15, 0.2) is 0 Å². The molecule has 0 spiro atoms. The minimum absolute atomic E-state index is 0. The van der Waals surface area contributed by atoms with Gasteiger partial charge < -0.3 is 89.2 Å². The predicted molar refractivity (Wildman–Crippen MR) is 212 cm³/mol. The van der Waals surface area contributed by atoms with E-state index >= 15 is 0 Å². The molecular formula is C33H66N3NiS6. The van der Waals surface area contributed by atoms with E-state index < -0.39 is 0 Å². The van der Waals surface area contributed by atoms with Crippen LogP contribution in [0.4, 0.5) is 0 Å². The van der Waals surface area contributed by atoms with Gasteiger partial charge in [0.05, 0.1) is 0 Å². The van der Waals surface area contributed by atoms with Crippen LogP contribution < -0.4 is 0 Å². The Kier molecular flexibility index (Phi) is 48.1. The summed E-state index contributed by atoms with van der Waals surface area (Å²) in [5, 5.41) is 0. The summed E-state index contributed by atoms with van der Waals surface area (Å²) in [7, 11) is 0. The molecule has 0 saturated heterocycles. The third kappa shape index (κ3) is 38.9. The molecule has 0 bridgehead atoms.